The van der Waals surface area contributed by atoms with E-state index in [1.54, 1.807) is 0 Å². The van der Waals surface area contributed by atoms with Crippen molar-refractivity contribution in [3.8, 4) is 11.1 Å². The summed E-state index contributed by atoms with van der Waals surface area (Å²) in [5, 5.41) is 9.66. The Kier molecular flexibility index (Phi) is 4.02. The van der Waals surface area contributed by atoms with Gasteiger partial charge in [-0.05, 0) is 62.1 Å². The quantitative estimate of drug-likeness (QED) is 0.218. The lowest BCUT2D eigenvalue weighted by atomic mass is 9.91. The molecule has 0 spiro atoms. The van der Waals surface area contributed by atoms with E-state index in [-0.39, 0.29) is 0 Å². The summed E-state index contributed by atoms with van der Waals surface area (Å²) in [6.45, 7) is 0. The van der Waals surface area contributed by atoms with Crippen molar-refractivity contribution in [2.45, 2.75) is 0 Å². The number of hydrogen-bond donors (Lipinski definition) is 0. The average molecular weight is 485 g/mol. The smallest absolute Gasteiger partial charge is 0.0964 e. The summed E-state index contributed by atoms with van der Waals surface area (Å²) in [7, 11) is 0. The van der Waals surface area contributed by atoms with Crippen LogP contribution in [0.4, 0.5) is 0 Å². The molecule has 0 aliphatic rings. The number of rotatable bonds is 1. The molecular formula is C30H17BrN2. The van der Waals surface area contributed by atoms with Crippen LogP contribution in [0.3, 0.4) is 0 Å². The Morgan fingerprint density at radius 3 is 2.03 bits per heavy atom. The molecule has 154 valence electrons. The third-order valence-corrected chi connectivity index (χ3v) is 7.22. The molecule has 0 bridgehead atoms. The van der Waals surface area contributed by atoms with Crippen LogP contribution in [0.5, 0.6) is 0 Å². The number of fused-ring (bicyclic) bond motifs is 8. The van der Waals surface area contributed by atoms with E-state index in [9.17, 15) is 0 Å². The molecular weight excluding hydrogens is 468 g/mol. The maximum atomic E-state index is 4.88. The fourth-order valence-electron chi connectivity index (χ4n) is 5.03. The third kappa shape index (κ3) is 2.79. The zero-order chi connectivity index (χ0) is 21.9. The summed E-state index contributed by atoms with van der Waals surface area (Å²) >= 11 is 3.80. The molecule has 7 rings (SSSR count). The molecule has 0 N–H and O–H groups in total. The van der Waals surface area contributed by atoms with E-state index in [0.29, 0.717) is 0 Å². The van der Waals surface area contributed by atoms with Crippen LogP contribution in [0.25, 0.3) is 65.3 Å². The molecule has 33 heavy (non-hydrogen) atoms. The highest BCUT2D eigenvalue weighted by molar-refractivity contribution is 9.10. The first-order valence-corrected chi connectivity index (χ1v) is 11.7. The molecule has 0 aliphatic heterocycles. The van der Waals surface area contributed by atoms with E-state index >= 15 is 0 Å². The molecule has 3 heteroatoms. The Morgan fingerprint density at radius 2 is 1.18 bits per heavy atom. The lowest BCUT2D eigenvalue weighted by Gasteiger charge is -2.14. The fourth-order valence-corrected chi connectivity index (χ4v) is 5.60. The second-order valence-corrected chi connectivity index (χ2v) is 9.26. The van der Waals surface area contributed by atoms with Gasteiger partial charge in [-0.2, -0.15) is 0 Å². The van der Waals surface area contributed by atoms with Crippen molar-refractivity contribution in [3.05, 3.63) is 108 Å². The Bertz CT molecular complexity index is 1890. The molecule has 0 unspecified atom stereocenters. The maximum Gasteiger partial charge on any atom is 0.0964 e. The highest BCUT2D eigenvalue weighted by atomic mass is 79.9. The molecule has 5 aromatic carbocycles. The fraction of sp³-hybridized carbons (Fsp3) is 0. The largest absolute Gasteiger partial charge is 0.254 e. The maximum absolute atomic E-state index is 4.88. The lowest BCUT2D eigenvalue weighted by molar-refractivity contribution is 1.37. The molecule has 2 heterocycles. The van der Waals surface area contributed by atoms with Crippen molar-refractivity contribution in [1.29, 1.82) is 0 Å². The van der Waals surface area contributed by atoms with Crippen LogP contribution in [-0.4, -0.2) is 9.97 Å². The van der Waals surface area contributed by atoms with Crippen molar-refractivity contribution in [1.82, 2.24) is 9.97 Å². The van der Waals surface area contributed by atoms with Gasteiger partial charge in [0.25, 0.3) is 0 Å². The first-order valence-electron chi connectivity index (χ1n) is 10.9. The van der Waals surface area contributed by atoms with E-state index in [2.05, 4.69) is 106 Å². The van der Waals surface area contributed by atoms with Gasteiger partial charge in [-0.15, -0.1) is 0 Å². The summed E-state index contributed by atoms with van der Waals surface area (Å²) in [6.07, 6.45) is 3.82. The molecule has 0 radical (unpaired) electrons. The Hall–Kier alpha value is -3.82. The van der Waals surface area contributed by atoms with Crippen LogP contribution in [0.15, 0.2) is 108 Å². The van der Waals surface area contributed by atoms with Gasteiger partial charge < -0.3 is 0 Å². The van der Waals surface area contributed by atoms with E-state index in [4.69, 9.17) is 4.98 Å². The molecule has 0 atom stereocenters. The van der Waals surface area contributed by atoms with Gasteiger partial charge in [0, 0.05) is 33.2 Å². The Morgan fingerprint density at radius 1 is 0.515 bits per heavy atom. The van der Waals surface area contributed by atoms with Crippen LogP contribution in [-0.2, 0) is 0 Å². The van der Waals surface area contributed by atoms with Gasteiger partial charge in [-0.1, -0.05) is 82.7 Å². The van der Waals surface area contributed by atoms with E-state index in [1.807, 2.05) is 18.5 Å². The summed E-state index contributed by atoms with van der Waals surface area (Å²) < 4.78 is 1.12. The lowest BCUT2D eigenvalue weighted by Crippen LogP contribution is -1.89. The number of halogens is 1. The second-order valence-electron chi connectivity index (χ2n) is 8.41. The molecule has 0 saturated heterocycles. The predicted octanol–water partition coefficient (Wildman–Crippen LogP) is 8.67. The van der Waals surface area contributed by atoms with E-state index in [1.165, 1.54) is 37.9 Å². The summed E-state index contributed by atoms with van der Waals surface area (Å²) in [4.78, 5) is 9.46. The van der Waals surface area contributed by atoms with Crippen LogP contribution in [0.1, 0.15) is 0 Å². The van der Waals surface area contributed by atoms with Gasteiger partial charge in [-0.25, -0.2) is 0 Å². The van der Waals surface area contributed by atoms with Crippen molar-refractivity contribution < 1.29 is 0 Å². The summed E-state index contributed by atoms with van der Waals surface area (Å²) in [6, 6.07) is 32.4. The molecule has 0 saturated carbocycles. The van der Waals surface area contributed by atoms with Crippen LogP contribution in [0, 0.1) is 0 Å². The number of pyridine rings is 2. The van der Waals surface area contributed by atoms with Gasteiger partial charge in [0.05, 0.1) is 11.0 Å². The minimum atomic E-state index is 0.941. The van der Waals surface area contributed by atoms with Crippen molar-refractivity contribution >= 4 is 70.1 Å². The highest BCUT2D eigenvalue weighted by Gasteiger charge is 2.13. The Balaban J connectivity index is 1.59. The normalized spacial score (nSPS) is 11.8. The summed E-state index contributed by atoms with van der Waals surface area (Å²) in [5.74, 6) is 0. The molecule has 2 nitrogen and oxygen atoms in total. The van der Waals surface area contributed by atoms with Crippen LogP contribution >= 0.6 is 15.9 Å². The highest BCUT2D eigenvalue weighted by Crippen LogP contribution is 2.40. The average Bonchev–Trinajstić information content (AvgIpc) is 2.88. The van der Waals surface area contributed by atoms with Crippen molar-refractivity contribution in [3.63, 3.8) is 0 Å². The van der Waals surface area contributed by atoms with Gasteiger partial charge >= 0.3 is 0 Å². The number of hydrogen-bond acceptors (Lipinski definition) is 2. The topological polar surface area (TPSA) is 25.8 Å². The van der Waals surface area contributed by atoms with Crippen LogP contribution < -0.4 is 0 Å². The molecule has 2 aromatic heterocycles. The number of benzene rings is 5. The number of nitrogens with zero attached hydrogens (tertiary/aromatic N) is 2. The van der Waals surface area contributed by atoms with Crippen LogP contribution in [0.2, 0.25) is 0 Å². The van der Waals surface area contributed by atoms with Gasteiger partial charge in [0.1, 0.15) is 0 Å². The third-order valence-electron chi connectivity index (χ3n) is 6.57. The predicted molar refractivity (Wildman–Crippen MR) is 143 cm³/mol. The zero-order valence-corrected chi connectivity index (χ0v) is 19.2. The first kappa shape index (κ1) is 18.7. The number of aromatic nitrogens is 2. The summed E-state index contributed by atoms with van der Waals surface area (Å²) in [5.41, 5.74) is 4.20. The Labute approximate surface area is 198 Å². The minimum Gasteiger partial charge on any atom is -0.254 e. The molecule has 0 amide bonds. The van der Waals surface area contributed by atoms with Gasteiger partial charge in [0.2, 0.25) is 0 Å². The second kappa shape index (κ2) is 7.09. The first-order chi connectivity index (χ1) is 16.3. The van der Waals surface area contributed by atoms with Gasteiger partial charge in [-0.3, -0.25) is 9.97 Å². The van der Waals surface area contributed by atoms with E-state index < -0.39 is 0 Å². The molecule has 7 aromatic rings. The van der Waals surface area contributed by atoms with Gasteiger partial charge in [0.15, 0.2) is 0 Å². The van der Waals surface area contributed by atoms with E-state index in [0.717, 1.165) is 31.8 Å². The zero-order valence-electron chi connectivity index (χ0n) is 17.6. The molecule has 0 aliphatic carbocycles. The van der Waals surface area contributed by atoms with Crippen molar-refractivity contribution in [2.75, 3.05) is 0 Å². The SMILES string of the molecule is Brc1cc2c3ccccc3c(-c3cnc4c(ccc5cccnc54)c3)cc2c2ccccc12. The molecule has 0 fully saturated rings. The standard InChI is InChI=1S/C30H17BrN2/c31-28-16-27-22-8-2-1-7-21(22)25(15-26(27)23-9-3-4-10-24(23)28)20-14-19-12-11-18-6-5-13-32-29(18)30(19)33-17-20/h1-17H. The minimum absolute atomic E-state index is 0.941. The van der Waals surface area contributed by atoms with Crippen molar-refractivity contribution in [2.24, 2.45) is 0 Å². The monoisotopic (exact) mass is 484 g/mol.